The Morgan fingerprint density at radius 2 is 1.93 bits per heavy atom. The molecule has 0 aromatic rings. The molecule has 0 radical (unpaired) electrons. The van der Waals surface area contributed by atoms with Crippen molar-refractivity contribution in [1.29, 1.82) is 0 Å². The molecule has 0 aliphatic heterocycles. The molecule has 5 nitrogen and oxygen atoms in total. The molecule has 0 unspecified atom stereocenters. The van der Waals surface area contributed by atoms with Crippen LogP contribution in [0.5, 0.6) is 0 Å². The molecular weight excluding hydrogens is 218 g/mol. The van der Waals surface area contributed by atoms with Crippen LogP contribution < -0.4 is 5.32 Å². The maximum atomic E-state index is 10.4. The summed E-state index contributed by atoms with van der Waals surface area (Å²) in [6.45, 7) is 5.38. The van der Waals surface area contributed by atoms with Gasteiger partial charge in [-0.05, 0) is 24.8 Å². The molecular formula is C9H21NO4S. The first kappa shape index (κ1) is 14.8. The van der Waals surface area contributed by atoms with Crippen LogP contribution in [-0.4, -0.2) is 43.5 Å². The minimum Gasteiger partial charge on any atom is -0.396 e. The summed E-state index contributed by atoms with van der Waals surface area (Å²) in [6, 6.07) is 0. The molecule has 0 aromatic heterocycles. The van der Waals surface area contributed by atoms with Gasteiger partial charge in [-0.15, -0.1) is 0 Å². The van der Waals surface area contributed by atoms with Gasteiger partial charge in [-0.1, -0.05) is 13.8 Å². The highest BCUT2D eigenvalue weighted by Crippen LogP contribution is 2.07. The van der Waals surface area contributed by atoms with Crippen LogP contribution in [0.3, 0.4) is 0 Å². The Balaban J connectivity index is 3.53. The number of hydrogen-bond donors (Lipinski definition) is 3. The molecule has 3 N–H and O–H groups in total. The van der Waals surface area contributed by atoms with Gasteiger partial charge in [0.1, 0.15) is 0 Å². The van der Waals surface area contributed by atoms with Crippen LogP contribution in [0.4, 0.5) is 0 Å². The quantitative estimate of drug-likeness (QED) is 0.414. The first-order valence-corrected chi connectivity index (χ1v) is 6.74. The Morgan fingerprint density at radius 3 is 2.33 bits per heavy atom. The minimum absolute atomic E-state index is 0.128. The lowest BCUT2D eigenvalue weighted by molar-refractivity contribution is 0.186. The molecule has 0 heterocycles. The second kappa shape index (κ2) is 7.16. The number of aliphatic hydroxyl groups is 1. The first-order chi connectivity index (χ1) is 6.87. The second-order valence-corrected chi connectivity index (χ2v) is 5.60. The third-order valence-electron chi connectivity index (χ3n) is 2.34. The summed E-state index contributed by atoms with van der Waals surface area (Å²) >= 11 is 0. The molecule has 15 heavy (non-hydrogen) atoms. The SMILES string of the molecule is CC(C)[C@@H](CO)CNCCCS(=O)(=O)O. The summed E-state index contributed by atoms with van der Waals surface area (Å²) in [5.74, 6) is 0.366. The predicted octanol–water partition coefficient (Wildman–Crippen LogP) is 0.118. The van der Waals surface area contributed by atoms with Gasteiger partial charge in [0.25, 0.3) is 10.1 Å². The average molecular weight is 239 g/mol. The van der Waals surface area contributed by atoms with Crippen LogP contribution in [0.15, 0.2) is 0 Å². The monoisotopic (exact) mass is 239 g/mol. The lowest BCUT2D eigenvalue weighted by Gasteiger charge is -2.18. The Morgan fingerprint density at radius 1 is 1.33 bits per heavy atom. The van der Waals surface area contributed by atoms with Gasteiger partial charge in [0.15, 0.2) is 0 Å². The zero-order valence-electron chi connectivity index (χ0n) is 9.31. The summed E-state index contributed by atoms with van der Waals surface area (Å²) in [5, 5.41) is 12.1. The van der Waals surface area contributed by atoms with Crippen molar-refractivity contribution in [3.63, 3.8) is 0 Å². The van der Waals surface area contributed by atoms with Crippen molar-refractivity contribution < 1.29 is 18.1 Å². The highest BCUT2D eigenvalue weighted by Gasteiger charge is 2.11. The van der Waals surface area contributed by atoms with E-state index in [0.29, 0.717) is 25.4 Å². The molecule has 6 heteroatoms. The van der Waals surface area contributed by atoms with Gasteiger partial charge < -0.3 is 10.4 Å². The third kappa shape index (κ3) is 8.80. The predicted molar refractivity (Wildman–Crippen MR) is 59.3 cm³/mol. The largest absolute Gasteiger partial charge is 0.396 e. The zero-order chi connectivity index (χ0) is 11.9. The van der Waals surface area contributed by atoms with Crippen LogP contribution in [0.25, 0.3) is 0 Å². The fourth-order valence-corrected chi connectivity index (χ4v) is 1.69. The summed E-state index contributed by atoms with van der Waals surface area (Å²) in [5.41, 5.74) is 0. The molecule has 0 aliphatic rings. The molecule has 0 rings (SSSR count). The van der Waals surface area contributed by atoms with Crippen molar-refractivity contribution in [2.24, 2.45) is 11.8 Å². The highest BCUT2D eigenvalue weighted by atomic mass is 32.2. The summed E-state index contributed by atoms with van der Waals surface area (Å²) < 4.78 is 29.2. The normalized spacial score (nSPS) is 14.5. The van der Waals surface area contributed by atoms with Gasteiger partial charge in [0.05, 0.1) is 5.75 Å². The van der Waals surface area contributed by atoms with Gasteiger partial charge in [0.2, 0.25) is 0 Å². The number of hydrogen-bond acceptors (Lipinski definition) is 4. The van der Waals surface area contributed by atoms with Crippen molar-refractivity contribution in [1.82, 2.24) is 5.32 Å². The van der Waals surface area contributed by atoms with E-state index < -0.39 is 10.1 Å². The van der Waals surface area contributed by atoms with E-state index in [0.717, 1.165) is 0 Å². The Labute approximate surface area is 91.6 Å². The zero-order valence-corrected chi connectivity index (χ0v) is 10.1. The van der Waals surface area contributed by atoms with Gasteiger partial charge in [-0.2, -0.15) is 8.42 Å². The van der Waals surface area contributed by atoms with Crippen LogP contribution in [-0.2, 0) is 10.1 Å². The number of nitrogens with one attached hydrogen (secondary N) is 1. The molecule has 0 aliphatic carbocycles. The highest BCUT2D eigenvalue weighted by molar-refractivity contribution is 7.85. The molecule has 0 spiro atoms. The van der Waals surface area contributed by atoms with Gasteiger partial charge >= 0.3 is 0 Å². The second-order valence-electron chi connectivity index (χ2n) is 4.03. The molecule has 1 atom stereocenters. The topological polar surface area (TPSA) is 86.6 Å². The van der Waals surface area contributed by atoms with Crippen molar-refractivity contribution in [3.8, 4) is 0 Å². The van der Waals surface area contributed by atoms with E-state index in [4.69, 9.17) is 9.66 Å². The molecule has 0 amide bonds. The molecule has 0 saturated heterocycles. The van der Waals surface area contributed by atoms with E-state index in [-0.39, 0.29) is 18.3 Å². The van der Waals surface area contributed by atoms with Gasteiger partial charge in [0, 0.05) is 13.2 Å². The molecule has 92 valence electrons. The molecule has 0 bridgehead atoms. The molecule has 0 saturated carbocycles. The van der Waals surface area contributed by atoms with E-state index in [1.165, 1.54) is 0 Å². The van der Waals surface area contributed by atoms with E-state index in [1.54, 1.807) is 0 Å². The van der Waals surface area contributed by atoms with E-state index in [9.17, 15) is 8.42 Å². The van der Waals surface area contributed by atoms with E-state index >= 15 is 0 Å². The smallest absolute Gasteiger partial charge is 0.264 e. The fourth-order valence-electron chi connectivity index (χ4n) is 1.18. The fraction of sp³-hybridized carbons (Fsp3) is 1.00. The first-order valence-electron chi connectivity index (χ1n) is 5.13. The van der Waals surface area contributed by atoms with Crippen LogP contribution in [0.2, 0.25) is 0 Å². The number of rotatable bonds is 8. The van der Waals surface area contributed by atoms with Crippen LogP contribution >= 0.6 is 0 Å². The average Bonchev–Trinajstić information content (AvgIpc) is 2.08. The summed E-state index contributed by atoms with van der Waals surface area (Å²) in [7, 11) is -3.84. The van der Waals surface area contributed by atoms with Crippen LogP contribution in [0.1, 0.15) is 20.3 Å². The lowest BCUT2D eigenvalue weighted by atomic mass is 9.97. The van der Waals surface area contributed by atoms with E-state index in [1.807, 2.05) is 13.8 Å². The molecule has 0 fully saturated rings. The van der Waals surface area contributed by atoms with Gasteiger partial charge in [-0.25, -0.2) is 0 Å². The van der Waals surface area contributed by atoms with E-state index in [2.05, 4.69) is 5.32 Å². The standard InChI is InChI=1S/C9H21NO4S/c1-8(2)9(7-11)6-10-4-3-5-15(12,13)14/h8-11H,3-7H2,1-2H3,(H,12,13,14)/t9-/m1/s1. The number of aliphatic hydroxyl groups excluding tert-OH is 1. The molecule has 0 aromatic carbocycles. The summed E-state index contributed by atoms with van der Waals surface area (Å²) in [4.78, 5) is 0. The Kier molecular flexibility index (Phi) is 7.08. The third-order valence-corrected chi connectivity index (χ3v) is 3.14. The maximum Gasteiger partial charge on any atom is 0.264 e. The van der Waals surface area contributed by atoms with Crippen molar-refractivity contribution >= 4 is 10.1 Å². The summed E-state index contributed by atoms with van der Waals surface area (Å²) in [6.07, 6.45) is 0.384. The Hall–Kier alpha value is -0.170. The maximum absolute atomic E-state index is 10.4. The van der Waals surface area contributed by atoms with Crippen molar-refractivity contribution in [2.75, 3.05) is 25.4 Å². The van der Waals surface area contributed by atoms with Crippen LogP contribution in [0, 0.1) is 11.8 Å². The van der Waals surface area contributed by atoms with Gasteiger partial charge in [-0.3, -0.25) is 4.55 Å². The van der Waals surface area contributed by atoms with Crippen molar-refractivity contribution in [2.45, 2.75) is 20.3 Å². The minimum atomic E-state index is -3.84. The van der Waals surface area contributed by atoms with Crippen molar-refractivity contribution in [3.05, 3.63) is 0 Å². The lowest BCUT2D eigenvalue weighted by Crippen LogP contribution is -2.30. The Bertz CT molecular complexity index is 251.